The first-order valence-electron chi connectivity index (χ1n) is 6.75. The molecule has 116 valence electrons. The molecule has 0 bridgehead atoms. The summed E-state index contributed by atoms with van der Waals surface area (Å²) in [6.45, 7) is 0.234. The van der Waals surface area contributed by atoms with E-state index in [0.29, 0.717) is 28.2 Å². The summed E-state index contributed by atoms with van der Waals surface area (Å²) in [4.78, 5) is 8.59. The average molecular weight is 348 g/mol. The summed E-state index contributed by atoms with van der Waals surface area (Å²) in [5, 5.41) is 5.34. The van der Waals surface area contributed by atoms with Crippen molar-refractivity contribution in [3.8, 4) is 22.9 Å². The highest BCUT2D eigenvalue weighted by molar-refractivity contribution is 7.98. The summed E-state index contributed by atoms with van der Waals surface area (Å²) in [6.07, 6.45) is 1.69. The molecule has 23 heavy (non-hydrogen) atoms. The first-order valence-corrected chi connectivity index (χ1v) is 8.12. The normalized spacial score (nSPS) is 12.6. The Morgan fingerprint density at radius 1 is 1.17 bits per heavy atom. The van der Waals surface area contributed by atoms with Crippen molar-refractivity contribution in [2.45, 2.75) is 10.8 Å². The zero-order chi connectivity index (χ0) is 15.6. The van der Waals surface area contributed by atoms with Gasteiger partial charge in [-0.3, -0.25) is 0 Å². The largest absolute Gasteiger partial charge is 0.454 e. The molecule has 0 amide bonds. The van der Waals surface area contributed by atoms with Gasteiger partial charge in [-0.15, -0.1) is 0 Å². The molecule has 0 unspecified atom stereocenters. The Hall–Kier alpha value is -2.25. The molecule has 2 aromatic heterocycles. The number of halogens is 1. The third-order valence-electron chi connectivity index (χ3n) is 3.16. The van der Waals surface area contributed by atoms with Crippen LogP contribution in [0, 0.1) is 0 Å². The Kier molecular flexibility index (Phi) is 3.80. The van der Waals surface area contributed by atoms with Crippen molar-refractivity contribution in [1.29, 1.82) is 0 Å². The van der Waals surface area contributed by atoms with Gasteiger partial charge in [-0.1, -0.05) is 28.5 Å². The van der Waals surface area contributed by atoms with Crippen LogP contribution in [0.25, 0.3) is 11.4 Å². The molecule has 0 fully saturated rings. The molecule has 1 aliphatic rings. The van der Waals surface area contributed by atoms with Gasteiger partial charge in [0, 0.05) is 11.8 Å². The van der Waals surface area contributed by atoms with Crippen LogP contribution in [0.4, 0.5) is 0 Å². The highest BCUT2D eigenvalue weighted by Crippen LogP contribution is 2.35. The van der Waals surface area contributed by atoms with Crippen molar-refractivity contribution in [2.75, 3.05) is 6.79 Å². The maximum absolute atomic E-state index is 6.07. The zero-order valence-corrected chi connectivity index (χ0v) is 13.3. The third kappa shape index (κ3) is 2.97. The summed E-state index contributed by atoms with van der Waals surface area (Å²) < 4.78 is 15.9. The van der Waals surface area contributed by atoms with Crippen molar-refractivity contribution >= 4 is 23.4 Å². The van der Waals surface area contributed by atoms with Gasteiger partial charge >= 0.3 is 0 Å². The molecule has 6 nitrogen and oxygen atoms in total. The number of fused-ring (bicyclic) bond motifs is 1. The van der Waals surface area contributed by atoms with Crippen molar-refractivity contribution in [1.82, 2.24) is 15.1 Å². The lowest BCUT2D eigenvalue weighted by Crippen LogP contribution is -1.92. The first-order chi connectivity index (χ1) is 11.3. The predicted molar refractivity (Wildman–Crippen MR) is 84.7 cm³/mol. The van der Waals surface area contributed by atoms with Crippen LogP contribution >= 0.6 is 23.4 Å². The Morgan fingerprint density at radius 3 is 3.00 bits per heavy atom. The van der Waals surface area contributed by atoms with Gasteiger partial charge in [0.25, 0.3) is 0 Å². The second kappa shape index (κ2) is 6.10. The Balaban J connectivity index is 1.50. The lowest BCUT2D eigenvalue weighted by atomic mass is 10.2. The van der Waals surface area contributed by atoms with E-state index in [0.717, 1.165) is 16.3 Å². The first kappa shape index (κ1) is 14.3. The zero-order valence-electron chi connectivity index (χ0n) is 11.7. The van der Waals surface area contributed by atoms with Crippen molar-refractivity contribution < 1.29 is 14.0 Å². The van der Waals surface area contributed by atoms with Crippen LogP contribution in [0.3, 0.4) is 0 Å². The molecule has 3 aromatic rings. The second-order valence-corrected chi connectivity index (χ2v) is 6.03. The molecule has 0 saturated carbocycles. The van der Waals surface area contributed by atoms with E-state index in [9.17, 15) is 0 Å². The summed E-state index contributed by atoms with van der Waals surface area (Å²) in [5.74, 6) is 2.91. The van der Waals surface area contributed by atoms with E-state index in [4.69, 9.17) is 25.6 Å². The van der Waals surface area contributed by atoms with E-state index in [2.05, 4.69) is 15.1 Å². The minimum atomic E-state index is 0.234. The van der Waals surface area contributed by atoms with Gasteiger partial charge in [0.15, 0.2) is 11.5 Å². The second-order valence-electron chi connectivity index (χ2n) is 4.66. The topological polar surface area (TPSA) is 70.3 Å². The number of pyridine rings is 1. The fourth-order valence-electron chi connectivity index (χ4n) is 2.07. The number of thioether (sulfide) groups is 1. The van der Waals surface area contributed by atoms with E-state index in [-0.39, 0.29) is 6.79 Å². The summed E-state index contributed by atoms with van der Waals surface area (Å²) in [6, 6.07) is 9.11. The van der Waals surface area contributed by atoms with Gasteiger partial charge < -0.3 is 14.0 Å². The van der Waals surface area contributed by atoms with Crippen LogP contribution in [-0.2, 0) is 5.75 Å². The van der Waals surface area contributed by atoms with Crippen molar-refractivity contribution in [3.63, 3.8) is 0 Å². The maximum Gasteiger partial charge on any atom is 0.237 e. The molecule has 3 heterocycles. The fraction of sp³-hybridized carbons (Fsp3) is 0.133. The van der Waals surface area contributed by atoms with Gasteiger partial charge in [-0.05, 0) is 30.3 Å². The number of nitrogens with zero attached hydrogens (tertiary/aromatic N) is 3. The van der Waals surface area contributed by atoms with E-state index in [1.54, 1.807) is 18.3 Å². The maximum atomic E-state index is 6.07. The summed E-state index contributed by atoms with van der Waals surface area (Å²) >= 11 is 7.51. The summed E-state index contributed by atoms with van der Waals surface area (Å²) in [7, 11) is 0. The molecule has 8 heteroatoms. The van der Waals surface area contributed by atoms with Crippen LogP contribution in [0.15, 0.2) is 46.1 Å². The number of hydrogen-bond donors (Lipinski definition) is 0. The molecule has 0 N–H and O–H groups in total. The standard InChI is InChI=1S/C15H10ClN3O3S/c16-10-2-1-5-17-15(10)23-7-13-18-14(19-22-13)9-3-4-11-12(6-9)21-8-20-11/h1-6H,7-8H2. The molecule has 0 saturated heterocycles. The quantitative estimate of drug-likeness (QED) is 0.664. The smallest absolute Gasteiger partial charge is 0.237 e. The Morgan fingerprint density at radius 2 is 2.09 bits per heavy atom. The van der Waals surface area contributed by atoms with Gasteiger partial charge in [0.1, 0.15) is 5.03 Å². The van der Waals surface area contributed by atoms with Gasteiger partial charge in [-0.25, -0.2) is 4.98 Å². The average Bonchev–Trinajstić information content (AvgIpc) is 3.22. The number of benzene rings is 1. The van der Waals surface area contributed by atoms with E-state index in [1.165, 1.54) is 11.8 Å². The van der Waals surface area contributed by atoms with Crippen molar-refractivity contribution in [3.05, 3.63) is 47.4 Å². The number of rotatable bonds is 4. The van der Waals surface area contributed by atoms with Crippen LogP contribution in [0.5, 0.6) is 11.5 Å². The number of ether oxygens (including phenoxy) is 2. The Bertz CT molecular complexity index is 855. The lowest BCUT2D eigenvalue weighted by Gasteiger charge is -1.99. The molecule has 0 atom stereocenters. The Labute approximate surface area is 140 Å². The minimum absolute atomic E-state index is 0.234. The third-order valence-corrected chi connectivity index (χ3v) is 4.56. The molecule has 0 spiro atoms. The molecule has 1 aromatic carbocycles. The van der Waals surface area contributed by atoms with Gasteiger partial charge in [0.2, 0.25) is 18.5 Å². The number of aromatic nitrogens is 3. The highest BCUT2D eigenvalue weighted by Gasteiger charge is 2.16. The van der Waals surface area contributed by atoms with Gasteiger partial charge in [0.05, 0.1) is 10.8 Å². The predicted octanol–water partition coefficient (Wildman–Crippen LogP) is 3.81. The van der Waals surface area contributed by atoms with E-state index < -0.39 is 0 Å². The molecule has 0 radical (unpaired) electrons. The van der Waals surface area contributed by atoms with Crippen LogP contribution in [0.1, 0.15) is 5.89 Å². The molecule has 4 rings (SSSR count). The summed E-state index contributed by atoms with van der Waals surface area (Å²) in [5.41, 5.74) is 0.810. The van der Waals surface area contributed by atoms with Crippen LogP contribution < -0.4 is 9.47 Å². The number of hydrogen-bond acceptors (Lipinski definition) is 7. The van der Waals surface area contributed by atoms with Crippen molar-refractivity contribution in [2.24, 2.45) is 0 Å². The fourth-order valence-corrected chi connectivity index (χ4v) is 3.08. The van der Waals surface area contributed by atoms with E-state index >= 15 is 0 Å². The lowest BCUT2D eigenvalue weighted by molar-refractivity contribution is 0.174. The highest BCUT2D eigenvalue weighted by atomic mass is 35.5. The molecular weight excluding hydrogens is 338 g/mol. The monoisotopic (exact) mass is 347 g/mol. The van der Waals surface area contributed by atoms with Crippen LogP contribution in [-0.4, -0.2) is 21.9 Å². The molecular formula is C15H10ClN3O3S. The van der Waals surface area contributed by atoms with E-state index in [1.807, 2.05) is 18.2 Å². The van der Waals surface area contributed by atoms with Gasteiger partial charge in [-0.2, -0.15) is 4.98 Å². The SMILES string of the molecule is Clc1cccnc1SCc1nc(-c2ccc3c(c2)OCO3)no1. The minimum Gasteiger partial charge on any atom is -0.454 e. The van der Waals surface area contributed by atoms with Crippen LogP contribution in [0.2, 0.25) is 5.02 Å². The molecule has 0 aliphatic carbocycles. The molecule has 1 aliphatic heterocycles.